The van der Waals surface area contributed by atoms with Gasteiger partial charge in [0.25, 0.3) is 0 Å². The van der Waals surface area contributed by atoms with Crippen LogP contribution < -0.4 is 5.32 Å². The maximum atomic E-state index is 4.48. The Morgan fingerprint density at radius 3 is 3.00 bits per heavy atom. The summed E-state index contributed by atoms with van der Waals surface area (Å²) in [6, 6.07) is 0. The Morgan fingerprint density at radius 1 is 1.41 bits per heavy atom. The molecule has 0 saturated carbocycles. The van der Waals surface area contributed by atoms with Gasteiger partial charge in [-0.1, -0.05) is 13.8 Å². The summed E-state index contributed by atoms with van der Waals surface area (Å²) in [6.07, 6.45) is 8.66. The van der Waals surface area contributed by atoms with Gasteiger partial charge in [-0.3, -0.25) is 9.67 Å². The van der Waals surface area contributed by atoms with Crippen LogP contribution in [0, 0.1) is 5.92 Å². The average molecular weight is 234 g/mol. The Morgan fingerprint density at radius 2 is 2.29 bits per heavy atom. The van der Waals surface area contributed by atoms with Crippen molar-refractivity contribution in [3.63, 3.8) is 0 Å². The zero-order valence-electron chi connectivity index (χ0n) is 10.8. The van der Waals surface area contributed by atoms with Crippen LogP contribution in [0.25, 0.3) is 0 Å². The fourth-order valence-electron chi connectivity index (χ4n) is 1.91. The zero-order valence-corrected chi connectivity index (χ0v) is 10.8. The van der Waals surface area contributed by atoms with E-state index in [1.165, 1.54) is 19.3 Å². The molecule has 0 unspecified atom stereocenters. The predicted octanol–water partition coefficient (Wildman–Crippen LogP) is 2.92. The van der Waals surface area contributed by atoms with Crippen molar-refractivity contribution in [1.29, 1.82) is 0 Å². The molecule has 0 amide bonds. The number of hydrogen-bond donors (Lipinski definition) is 1. The van der Waals surface area contributed by atoms with Gasteiger partial charge in [0.1, 0.15) is 5.84 Å². The minimum atomic E-state index is 0.721. The Hall–Kier alpha value is -1.32. The van der Waals surface area contributed by atoms with Crippen molar-refractivity contribution < 1.29 is 0 Å². The molecule has 0 aliphatic carbocycles. The Labute approximate surface area is 103 Å². The van der Waals surface area contributed by atoms with E-state index in [0.717, 1.165) is 37.0 Å². The number of aryl methyl sites for hydroxylation is 1. The van der Waals surface area contributed by atoms with Gasteiger partial charge >= 0.3 is 0 Å². The Kier molecular flexibility index (Phi) is 4.18. The molecule has 1 aromatic rings. The van der Waals surface area contributed by atoms with Crippen LogP contribution in [0.3, 0.4) is 0 Å². The quantitative estimate of drug-likeness (QED) is 0.870. The molecule has 1 aromatic heterocycles. The van der Waals surface area contributed by atoms with Crippen LogP contribution in [0.1, 0.15) is 39.5 Å². The number of rotatable bonds is 4. The van der Waals surface area contributed by atoms with E-state index in [2.05, 4.69) is 35.5 Å². The molecule has 0 saturated heterocycles. The molecule has 0 spiro atoms. The highest BCUT2D eigenvalue weighted by molar-refractivity contribution is 5.95. The fraction of sp³-hybridized carbons (Fsp3) is 0.692. The van der Waals surface area contributed by atoms with Crippen molar-refractivity contribution in [1.82, 2.24) is 9.78 Å². The molecule has 0 bridgehead atoms. The van der Waals surface area contributed by atoms with Crippen LogP contribution in [-0.2, 0) is 6.54 Å². The second-order valence-electron chi connectivity index (χ2n) is 5.09. The van der Waals surface area contributed by atoms with Crippen LogP contribution in [0.5, 0.6) is 0 Å². The largest absolute Gasteiger partial charge is 0.342 e. The molecule has 0 atom stereocenters. The molecule has 2 heterocycles. The van der Waals surface area contributed by atoms with Gasteiger partial charge in [-0.25, -0.2) is 0 Å². The number of aliphatic imine (C=N–C) groups is 1. The summed E-state index contributed by atoms with van der Waals surface area (Å²) in [4.78, 5) is 4.48. The van der Waals surface area contributed by atoms with E-state index in [4.69, 9.17) is 0 Å². The molecule has 1 aliphatic heterocycles. The summed E-state index contributed by atoms with van der Waals surface area (Å²) in [7, 11) is 0. The molecule has 1 N–H and O–H groups in total. The zero-order chi connectivity index (χ0) is 12.1. The van der Waals surface area contributed by atoms with E-state index < -0.39 is 0 Å². The third kappa shape index (κ3) is 3.88. The summed E-state index contributed by atoms with van der Waals surface area (Å²) in [5.74, 6) is 1.83. The lowest BCUT2D eigenvalue weighted by Crippen LogP contribution is -2.15. The van der Waals surface area contributed by atoms with E-state index in [1.54, 1.807) is 0 Å². The topological polar surface area (TPSA) is 42.2 Å². The molecule has 94 valence electrons. The van der Waals surface area contributed by atoms with Crippen molar-refractivity contribution in [2.45, 2.75) is 46.1 Å². The first-order valence-corrected chi connectivity index (χ1v) is 6.57. The van der Waals surface area contributed by atoms with Crippen molar-refractivity contribution in [3.05, 3.63) is 12.4 Å². The lowest BCUT2D eigenvalue weighted by molar-refractivity contribution is 0.487. The number of hydrogen-bond acceptors (Lipinski definition) is 3. The molecule has 0 aromatic carbocycles. The maximum absolute atomic E-state index is 4.48. The summed E-state index contributed by atoms with van der Waals surface area (Å²) < 4.78 is 2.01. The Bertz CT molecular complexity index is 379. The SMILES string of the molecule is CC(C)CCn1cc(NC2=NCCCC2)cn1. The Balaban J connectivity index is 1.87. The first kappa shape index (κ1) is 12.1. The van der Waals surface area contributed by atoms with Crippen molar-refractivity contribution in [2.24, 2.45) is 10.9 Å². The average Bonchev–Trinajstić information content (AvgIpc) is 2.75. The normalized spacial score (nSPS) is 16.1. The van der Waals surface area contributed by atoms with Crippen LogP contribution in [0.4, 0.5) is 5.69 Å². The minimum absolute atomic E-state index is 0.721. The summed E-state index contributed by atoms with van der Waals surface area (Å²) >= 11 is 0. The summed E-state index contributed by atoms with van der Waals surface area (Å²) in [5, 5.41) is 7.71. The maximum Gasteiger partial charge on any atom is 0.101 e. The minimum Gasteiger partial charge on any atom is -0.342 e. The lowest BCUT2D eigenvalue weighted by atomic mass is 10.1. The molecule has 2 rings (SSSR count). The second kappa shape index (κ2) is 5.84. The van der Waals surface area contributed by atoms with Gasteiger partial charge in [-0.05, 0) is 25.2 Å². The predicted molar refractivity (Wildman–Crippen MR) is 71.5 cm³/mol. The van der Waals surface area contributed by atoms with E-state index in [-0.39, 0.29) is 0 Å². The molecular formula is C13H22N4. The third-order valence-corrected chi connectivity index (χ3v) is 2.98. The van der Waals surface area contributed by atoms with Crippen LogP contribution in [0.15, 0.2) is 17.4 Å². The van der Waals surface area contributed by atoms with E-state index in [0.29, 0.717) is 0 Å². The van der Waals surface area contributed by atoms with Gasteiger partial charge in [0.2, 0.25) is 0 Å². The summed E-state index contributed by atoms with van der Waals surface area (Å²) in [5.41, 5.74) is 1.06. The highest BCUT2D eigenvalue weighted by Gasteiger charge is 2.06. The molecule has 4 nitrogen and oxygen atoms in total. The number of nitrogens with one attached hydrogen (secondary N) is 1. The monoisotopic (exact) mass is 234 g/mol. The third-order valence-electron chi connectivity index (χ3n) is 2.98. The molecule has 0 fully saturated rings. The molecule has 17 heavy (non-hydrogen) atoms. The number of nitrogens with zero attached hydrogens (tertiary/aromatic N) is 3. The van der Waals surface area contributed by atoms with Gasteiger partial charge in [0.05, 0.1) is 11.9 Å². The van der Waals surface area contributed by atoms with Gasteiger partial charge in [0, 0.05) is 25.7 Å². The molecule has 0 radical (unpaired) electrons. The van der Waals surface area contributed by atoms with Gasteiger partial charge < -0.3 is 5.32 Å². The lowest BCUT2D eigenvalue weighted by Gasteiger charge is -2.12. The smallest absolute Gasteiger partial charge is 0.101 e. The van der Waals surface area contributed by atoms with Crippen LogP contribution in [-0.4, -0.2) is 22.2 Å². The standard InChI is InChI=1S/C13H22N4/c1-11(2)6-8-17-10-12(9-15-17)16-13-5-3-4-7-14-13/h9-11H,3-8H2,1-2H3,(H,14,16). The summed E-state index contributed by atoms with van der Waals surface area (Å²) in [6.45, 7) is 6.43. The van der Waals surface area contributed by atoms with Crippen molar-refractivity contribution in [2.75, 3.05) is 11.9 Å². The van der Waals surface area contributed by atoms with Gasteiger partial charge in [-0.2, -0.15) is 5.10 Å². The molecular weight excluding hydrogens is 212 g/mol. The molecule has 4 heteroatoms. The van der Waals surface area contributed by atoms with Crippen molar-refractivity contribution >= 4 is 11.5 Å². The van der Waals surface area contributed by atoms with E-state index >= 15 is 0 Å². The first-order chi connectivity index (χ1) is 8.24. The van der Waals surface area contributed by atoms with Gasteiger partial charge in [0.15, 0.2) is 0 Å². The van der Waals surface area contributed by atoms with E-state index in [9.17, 15) is 0 Å². The number of amidine groups is 1. The van der Waals surface area contributed by atoms with Crippen LogP contribution in [0.2, 0.25) is 0 Å². The van der Waals surface area contributed by atoms with Gasteiger partial charge in [-0.15, -0.1) is 0 Å². The fourth-order valence-corrected chi connectivity index (χ4v) is 1.91. The second-order valence-corrected chi connectivity index (χ2v) is 5.09. The van der Waals surface area contributed by atoms with E-state index in [1.807, 2.05) is 10.9 Å². The van der Waals surface area contributed by atoms with Crippen molar-refractivity contribution in [3.8, 4) is 0 Å². The highest BCUT2D eigenvalue weighted by Crippen LogP contribution is 2.12. The number of anilines is 1. The number of aromatic nitrogens is 2. The highest BCUT2D eigenvalue weighted by atomic mass is 15.3. The first-order valence-electron chi connectivity index (χ1n) is 6.57. The molecule has 1 aliphatic rings. The van der Waals surface area contributed by atoms with Crippen LogP contribution >= 0.6 is 0 Å².